The third-order valence-electron chi connectivity index (χ3n) is 5.62. The minimum Gasteiger partial charge on any atom is -0.461 e. The highest BCUT2D eigenvalue weighted by Gasteiger charge is 2.20. The van der Waals surface area contributed by atoms with E-state index < -0.39 is 5.97 Å². The van der Waals surface area contributed by atoms with Crippen molar-refractivity contribution in [1.82, 2.24) is 14.7 Å². The summed E-state index contributed by atoms with van der Waals surface area (Å²) in [4.78, 5) is 26.8. The molecule has 0 bridgehead atoms. The van der Waals surface area contributed by atoms with Crippen LogP contribution < -0.4 is 0 Å². The van der Waals surface area contributed by atoms with Gasteiger partial charge >= 0.3 is 5.97 Å². The molecule has 1 aromatic heterocycles. The van der Waals surface area contributed by atoms with Crippen LogP contribution in [0, 0.1) is 0 Å². The average molecular weight is 434 g/mol. The Labute approximate surface area is 189 Å². The van der Waals surface area contributed by atoms with Crippen molar-refractivity contribution in [3.8, 4) is 5.69 Å². The first-order valence-electron chi connectivity index (χ1n) is 11.1. The van der Waals surface area contributed by atoms with Gasteiger partial charge in [-0.05, 0) is 61.6 Å². The Morgan fingerprint density at radius 2 is 1.75 bits per heavy atom. The molecule has 0 N–H and O–H groups in total. The predicted octanol–water partition coefficient (Wildman–Crippen LogP) is 4.88. The van der Waals surface area contributed by atoms with E-state index in [-0.39, 0.29) is 11.8 Å². The third-order valence-corrected chi connectivity index (χ3v) is 5.62. The van der Waals surface area contributed by atoms with Crippen LogP contribution >= 0.6 is 0 Å². The number of aromatic nitrogens is 2. The average Bonchev–Trinajstić information content (AvgIpc) is 3.28. The fourth-order valence-corrected chi connectivity index (χ4v) is 3.48. The van der Waals surface area contributed by atoms with Gasteiger partial charge < -0.3 is 9.64 Å². The summed E-state index contributed by atoms with van der Waals surface area (Å²) in [6.45, 7) is 6.92. The molecule has 6 nitrogen and oxygen atoms in total. The van der Waals surface area contributed by atoms with Crippen LogP contribution in [-0.2, 0) is 11.2 Å². The summed E-state index contributed by atoms with van der Waals surface area (Å²) in [7, 11) is 1.82. The molecule has 0 saturated carbocycles. The Morgan fingerprint density at radius 3 is 2.38 bits per heavy atom. The molecule has 0 spiro atoms. The largest absolute Gasteiger partial charge is 0.461 e. The lowest BCUT2D eigenvalue weighted by Crippen LogP contribution is -2.28. The molecule has 3 aromatic rings. The van der Waals surface area contributed by atoms with E-state index >= 15 is 0 Å². The topological polar surface area (TPSA) is 64.4 Å². The number of nitrogens with zero attached hydrogens (tertiary/aromatic N) is 3. The summed E-state index contributed by atoms with van der Waals surface area (Å²) < 4.78 is 6.88. The van der Waals surface area contributed by atoms with Gasteiger partial charge in [0.2, 0.25) is 0 Å². The molecular formula is C26H31N3O3. The monoisotopic (exact) mass is 433 g/mol. The highest BCUT2D eigenvalue weighted by Crippen LogP contribution is 2.24. The molecule has 0 radical (unpaired) electrons. The maximum Gasteiger partial charge on any atom is 0.358 e. The number of esters is 1. The van der Waals surface area contributed by atoms with Gasteiger partial charge in [-0.1, -0.05) is 44.2 Å². The van der Waals surface area contributed by atoms with Crippen molar-refractivity contribution in [1.29, 1.82) is 0 Å². The van der Waals surface area contributed by atoms with Gasteiger partial charge in [-0.2, -0.15) is 5.10 Å². The van der Waals surface area contributed by atoms with Crippen molar-refractivity contribution in [2.75, 3.05) is 20.2 Å². The molecule has 0 saturated heterocycles. The number of benzene rings is 2. The molecule has 0 unspecified atom stereocenters. The van der Waals surface area contributed by atoms with Gasteiger partial charge in [-0.25, -0.2) is 9.48 Å². The Balaban J connectivity index is 1.77. The second kappa shape index (κ2) is 10.8. The minimum atomic E-state index is -0.428. The third kappa shape index (κ3) is 5.44. The zero-order valence-electron chi connectivity index (χ0n) is 19.2. The summed E-state index contributed by atoms with van der Waals surface area (Å²) in [5, 5.41) is 4.49. The number of ether oxygens (including phenoxy) is 1. The van der Waals surface area contributed by atoms with Crippen LogP contribution in [-0.4, -0.2) is 46.8 Å². The summed E-state index contributed by atoms with van der Waals surface area (Å²) in [5.41, 5.74) is 3.86. The molecule has 0 fully saturated rings. The molecule has 3 rings (SSSR count). The molecule has 0 aliphatic rings. The zero-order valence-corrected chi connectivity index (χ0v) is 19.2. The minimum absolute atomic E-state index is 0.0256. The van der Waals surface area contributed by atoms with Crippen molar-refractivity contribution in [3.05, 3.63) is 83.2 Å². The number of hydrogen-bond donors (Lipinski definition) is 0. The summed E-state index contributed by atoms with van der Waals surface area (Å²) in [6, 6.07) is 19.3. The van der Waals surface area contributed by atoms with Gasteiger partial charge in [0, 0.05) is 24.8 Å². The lowest BCUT2D eigenvalue weighted by molar-refractivity contribution is 0.0518. The first-order valence-corrected chi connectivity index (χ1v) is 11.1. The maximum absolute atomic E-state index is 12.8. The van der Waals surface area contributed by atoms with E-state index in [0.717, 1.165) is 24.2 Å². The number of likely N-dealkylation sites (N-methyl/N-ethyl adjacent to an activating group) is 1. The van der Waals surface area contributed by atoms with Gasteiger partial charge in [-0.3, -0.25) is 4.79 Å². The standard InChI is InChI=1S/C26H31N3O3/c1-5-19(3)24-18-23(26(31)32-6-2)27-29(24)22-14-12-21(13-15-22)25(30)28(4)17-16-20-10-8-7-9-11-20/h7-15,18-19H,5-6,16-17H2,1-4H3/t19-/m1/s1. The Morgan fingerprint density at radius 1 is 1.06 bits per heavy atom. The van der Waals surface area contributed by atoms with Crippen LogP contribution in [0.15, 0.2) is 60.7 Å². The molecule has 1 amide bonds. The van der Waals surface area contributed by atoms with Crippen molar-refractivity contribution < 1.29 is 14.3 Å². The summed E-state index contributed by atoms with van der Waals surface area (Å²) in [6.07, 6.45) is 1.72. The normalized spacial score (nSPS) is 11.8. The predicted molar refractivity (Wildman–Crippen MR) is 125 cm³/mol. The highest BCUT2D eigenvalue weighted by atomic mass is 16.5. The first kappa shape index (κ1) is 23.3. The van der Waals surface area contributed by atoms with Crippen LogP contribution in [0.4, 0.5) is 0 Å². The van der Waals surface area contributed by atoms with Crippen LogP contribution in [0.5, 0.6) is 0 Å². The SMILES string of the molecule is CCOC(=O)c1cc([C@H](C)CC)n(-c2ccc(C(=O)N(C)CCc3ccccc3)cc2)n1. The van der Waals surface area contributed by atoms with Gasteiger partial charge in [0.15, 0.2) is 5.69 Å². The molecule has 0 aliphatic heterocycles. The van der Waals surface area contributed by atoms with Gasteiger partial charge in [0.05, 0.1) is 12.3 Å². The van der Waals surface area contributed by atoms with Crippen molar-refractivity contribution in [2.24, 2.45) is 0 Å². The molecule has 168 valence electrons. The van der Waals surface area contributed by atoms with E-state index in [4.69, 9.17) is 4.74 Å². The van der Waals surface area contributed by atoms with E-state index in [1.807, 2.05) is 49.5 Å². The zero-order chi connectivity index (χ0) is 23.1. The number of carbonyl (C=O) groups is 2. The van der Waals surface area contributed by atoms with E-state index in [2.05, 4.69) is 31.1 Å². The van der Waals surface area contributed by atoms with E-state index in [1.54, 1.807) is 22.6 Å². The molecule has 2 aromatic carbocycles. The lowest BCUT2D eigenvalue weighted by atomic mass is 10.0. The smallest absolute Gasteiger partial charge is 0.358 e. The molecule has 32 heavy (non-hydrogen) atoms. The van der Waals surface area contributed by atoms with E-state index in [9.17, 15) is 9.59 Å². The fourth-order valence-electron chi connectivity index (χ4n) is 3.48. The molecule has 6 heteroatoms. The second-order valence-electron chi connectivity index (χ2n) is 7.91. The van der Waals surface area contributed by atoms with Crippen LogP contribution in [0.2, 0.25) is 0 Å². The Kier molecular flexibility index (Phi) is 7.82. The van der Waals surface area contributed by atoms with Gasteiger partial charge in [0.1, 0.15) is 0 Å². The second-order valence-corrected chi connectivity index (χ2v) is 7.91. The number of carbonyl (C=O) groups excluding carboxylic acids is 2. The molecule has 0 aliphatic carbocycles. The highest BCUT2D eigenvalue weighted by molar-refractivity contribution is 5.94. The quantitative estimate of drug-likeness (QED) is 0.451. The van der Waals surface area contributed by atoms with Crippen molar-refractivity contribution in [2.45, 2.75) is 39.5 Å². The maximum atomic E-state index is 12.8. The van der Waals surface area contributed by atoms with Gasteiger partial charge in [0.25, 0.3) is 5.91 Å². The Bertz CT molecular complexity index is 1040. The number of amides is 1. The van der Waals surface area contributed by atoms with Crippen molar-refractivity contribution in [3.63, 3.8) is 0 Å². The van der Waals surface area contributed by atoms with Crippen molar-refractivity contribution >= 4 is 11.9 Å². The Hall–Kier alpha value is -3.41. The van der Waals surface area contributed by atoms with Gasteiger partial charge in [-0.15, -0.1) is 0 Å². The molecule has 1 atom stereocenters. The molecule has 1 heterocycles. The van der Waals surface area contributed by atoms with Crippen LogP contribution in [0.25, 0.3) is 5.69 Å². The van der Waals surface area contributed by atoms with Crippen LogP contribution in [0.3, 0.4) is 0 Å². The van der Waals surface area contributed by atoms with E-state index in [0.29, 0.717) is 24.4 Å². The fraction of sp³-hybridized carbons (Fsp3) is 0.346. The first-order chi connectivity index (χ1) is 15.4. The summed E-state index contributed by atoms with van der Waals surface area (Å²) >= 11 is 0. The lowest BCUT2D eigenvalue weighted by Gasteiger charge is -2.18. The number of rotatable bonds is 9. The number of hydrogen-bond acceptors (Lipinski definition) is 4. The van der Waals surface area contributed by atoms with E-state index in [1.165, 1.54) is 5.56 Å². The molecular weight excluding hydrogens is 402 g/mol. The summed E-state index contributed by atoms with van der Waals surface area (Å²) in [5.74, 6) is -0.235. The van der Waals surface area contributed by atoms with Crippen LogP contribution in [0.1, 0.15) is 65.2 Å².